The van der Waals surface area contributed by atoms with Crippen LogP contribution in [0.25, 0.3) is 0 Å². The summed E-state index contributed by atoms with van der Waals surface area (Å²) in [6.07, 6.45) is -3.28. The number of amides is 1. The molecular weight excluding hydrogens is 295 g/mol. The van der Waals surface area contributed by atoms with Crippen LogP contribution in [0.3, 0.4) is 0 Å². The van der Waals surface area contributed by atoms with Crippen molar-refractivity contribution in [1.29, 1.82) is 0 Å². The van der Waals surface area contributed by atoms with Crippen molar-refractivity contribution in [3.63, 3.8) is 0 Å². The van der Waals surface area contributed by atoms with Gasteiger partial charge in [0.25, 0.3) is 5.91 Å². The number of carbonyl (C=O) groups is 1. The summed E-state index contributed by atoms with van der Waals surface area (Å²) in [7, 11) is 0. The maximum Gasteiger partial charge on any atom is 0.401 e. The molecule has 0 spiro atoms. The second kappa shape index (κ2) is 5.79. The number of hydrogen-bond acceptors (Lipinski definition) is 3. The normalized spacial score (nSPS) is 19.0. The van der Waals surface area contributed by atoms with Crippen LogP contribution in [0.1, 0.15) is 15.9 Å². The van der Waals surface area contributed by atoms with Gasteiger partial charge in [0.05, 0.1) is 6.54 Å². The molecule has 0 bridgehead atoms. The summed E-state index contributed by atoms with van der Waals surface area (Å²) >= 11 is 0. The van der Waals surface area contributed by atoms with Gasteiger partial charge in [0.2, 0.25) is 0 Å². The highest BCUT2D eigenvalue weighted by Gasteiger charge is 2.33. The number of rotatable bonds is 2. The van der Waals surface area contributed by atoms with Gasteiger partial charge in [-0.3, -0.25) is 9.69 Å². The molecule has 1 aromatic rings. The van der Waals surface area contributed by atoms with E-state index >= 15 is 0 Å². The molecule has 7 heteroatoms. The molecule has 4 nitrogen and oxygen atoms in total. The number of nitrogens with one attached hydrogen (secondary N) is 1. The number of anilines is 1. The van der Waals surface area contributed by atoms with E-state index in [0.29, 0.717) is 18.7 Å². The summed E-state index contributed by atoms with van der Waals surface area (Å²) in [5.74, 6) is -0.0960. The Hall–Kier alpha value is -1.76. The standard InChI is InChI=1S/C15H18F3N3O/c16-15(17,18)10-20-5-7-21(8-6-20)14(22)12-1-2-13-11(9-12)3-4-19-13/h1-2,9,19H,3-8,10H2. The number of alkyl halides is 3. The van der Waals surface area contributed by atoms with E-state index in [2.05, 4.69) is 5.32 Å². The zero-order chi connectivity index (χ0) is 15.7. The van der Waals surface area contributed by atoms with Crippen LogP contribution in [-0.2, 0) is 6.42 Å². The number of hydrogen-bond donors (Lipinski definition) is 1. The highest BCUT2D eigenvalue weighted by Crippen LogP contribution is 2.24. The average Bonchev–Trinajstić information content (AvgIpc) is 2.93. The topological polar surface area (TPSA) is 35.6 Å². The van der Waals surface area contributed by atoms with Gasteiger partial charge in [0, 0.05) is 44.0 Å². The maximum atomic E-state index is 12.5. The average molecular weight is 313 g/mol. The van der Waals surface area contributed by atoms with Crippen molar-refractivity contribution in [2.45, 2.75) is 12.6 Å². The molecule has 3 rings (SSSR count). The molecule has 0 atom stereocenters. The Labute approximate surface area is 126 Å². The van der Waals surface area contributed by atoms with Crippen molar-refractivity contribution >= 4 is 11.6 Å². The molecule has 1 N–H and O–H groups in total. The van der Waals surface area contributed by atoms with Crippen LogP contribution in [0.2, 0.25) is 0 Å². The van der Waals surface area contributed by atoms with E-state index in [9.17, 15) is 18.0 Å². The van der Waals surface area contributed by atoms with Crippen LogP contribution in [0, 0.1) is 0 Å². The predicted molar refractivity (Wildman–Crippen MR) is 77.0 cm³/mol. The Balaban J connectivity index is 1.60. The summed E-state index contributed by atoms with van der Waals surface area (Å²) in [6, 6.07) is 5.57. The quantitative estimate of drug-likeness (QED) is 0.907. The fraction of sp³-hybridized carbons (Fsp3) is 0.533. The number of fused-ring (bicyclic) bond motifs is 1. The molecule has 1 amide bonds. The lowest BCUT2D eigenvalue weighted by molar-refractivity contribution is -0.148. The molecule has 2 aliphatic rings. The molecule has 0 radical (unpaired) electrons. The van der Waals surface area contributed by atoms with Crippen LogP contribution in [0.15, 0.2) is 18.2 Å². The van der Waals surface area contributed by atoms with Crippen LogP contribution in [0.4, 0.5) is 18.9 Å². The second-order valence-corrected chi connectivity index (χ2v) is 5.73. The lowest BCUT2D eigenvalue weighted by Crippen LogP contribution is -2.50. The molecule has 1 fully saturated rings. The smallest absolute Gasteiger partial charge is 0.384 e. The summed E-state index contributed by atoms with van der Waals surface area (Å²) < 4.78 is 37.1. The summed E-state index contributed by atoms with van der Waals surface area (Å²) in [6.45, 7) is 1.17. The fourth-order valence-corrected chi connectivity index (χ4v) is 2.98. The minimum atomic E-state index is -4.18. The first-order chi connectivity index (χ1) is 10.4. The van der Waals surface area contributed by atoms with Crippen molar-refractivity contribution in [1.82, 2.24) is 9.80 Å². The van der Waals surface area contributed by atoms with Gasteiger partial charge < -0.3 is 10.2 Å². The van der Waals surface area contributed by atoms with Crippen LogP contribution >= 0.6 is 0 Å². The van der Waals surface area contributed by atoms with E-state index in [1.807, 2.05) is 12.1 Å². The Morgan fingerprint density at radius 3 is 2.59 bits per heavy atom. The van der Waals surface area contributed by atoms with Crippen molar-refractivity contribution in [3.8, 4) is 0 Å². The fourth-order valence-electron chi connectivity index (χ4n) is 2.98. The summed E-state index contributed by atoms with van der Waals surface area (Å²) in [4.78, 5) is 15.4. The van der Waals surface area contributed by atoms with Crippen LogP contribution < -0.4 is 5.32 Å². The number of nitrogens with zero attached hydrogens (tertiary/aromatic N) is 2. The van der Waals surface area contributed by atoms with Gasteiger partial charge in [-0.05, 0) is 30.2 Å². The first-order valence-electron chi connectivity index (χ1n) is 7.37. The highest BCUT2D eigenvalue weighted by atomic mass is 19.4. The van der Waals surface area contributed by atoms with E-state index in [4.69, 9.17) is 0 Å². The zero-order valence-electron chi connectivity index (χ0n) is 12.1. The van der Waals surface area contributed by atoms with Crippen molar-refractivity contribution in [3.05, 3.63) is 29.3 Å². The van der Waals surface area contributed by atoms with E-state index in [1.54, 1.807) is 11.0 Å². The molecule has 22 heavy (non-hydrogen) atoms. The van der Waals surface area contributed by atoms with Crippen molar-refractivity contribution in [2.75, 3.05) is 44.6 Å². The molecular formula is C15H18F3N3O. The molecule has 0 saturated carbocycles. The van der Waals surface area contributed by atoms with Gasteiger partial charge >= 0.3 is 6.18 Å². The Morgan fingerprint density at radius 1 is 1.18 bits per heavy atom. The van der Waals surface area contributed by atoms with E-state index in [1.165, 1.54) is 4.90 Å². The predicted octanol–water partition coefficient (Wildman–Crippen LogP) is 1.97. The summed E-state index contributed by atoms with van der Waals surface area (Å²) in [5, 5.41) is 3.24. The van der Waals surface area contributed by atoms with Gasteiger partial charge in [0.1, 0.15) is 0 Å². The number of piperazine rings is 1. The number of carbonyl (C=O) groups excluding carboxylic acids is 1. The summed E-state index contributed by atoms with van der Waals surface area (Å²) in [5.41, 5.74) is 2.81. The molecule has 1 saturated heterocycles. The largest absolute Gasteiger partial charge is 0.401 e. The molecule has 0 unspecified atom stereocenters. The maximum absolute atomic E-state index is 12.5. The molecule has 1 aromatic carbocycles. The Bertz CT molecular complexity index is 566. The van der Waals surface area contributed by atoms with Gasteiger partial charge in [0.15, 0.2) is 0 Å². The molecule has 120 valence electrons. The van der Waals surface area contributed by atoms with Crippen molar-refractivity contribution in [2.24, 2.45) is 0 Å². The lowest BCUT2D eigenvalue weighted by Gasteiger charge is -2.35. The SMILES string of the molecule is O=C(c1ccc2c(c1)CCN2)N1CCN(CC(F)(F)F)CC1. The highest BCUT2D eigenvalue weighted by molar-refractivity contribution is 5.95. The zero-order valence-corrected chi connectivity index (χ0v) is 12.1. The first-order valence-corrected chi connectivity index (χ1v) is 7.37. The number of benzene rings is 1. The number of halogens is 3. The lowest BCUT2D eigenvalue weighted by atomic mass is 10.1. The molecule has 0 aliphatic carbocycles. The minimum absolute atomic E-state index is 0.0960. The molecule has 2 aliphatic heterocycles. The second-order valence-electron chi connectivity index (χ2n) is 5.73. The molecule has 2 heterocycles. The van der Waals surface area contributed by atoms with Gasteiger partial charge in [-0.25, -0.2) is 0 Å². The third kappa shape index (κ3) is 3.35. The van der Waals surface area contributed by atoms with Crippen molar-refractivity contribution < 1.29 is 18.0 Å². The monoisotopic (exact) mass is 313 g/mol. The van der Waals surface area contributed by atoms with E-state index in [-0.39, 0.29) is 19.0 Å². The van der Waals surface area contributed by atoms with Gasteiger partial charge in [-0.1, -0.05) is 0 Å². The minimum Gasteiger partial charge on any atom is -0.384 e. The van der Waals surface area contributed by atoms with Gasteiger partial charge in [-0.2, -0.15) is 13.2 Å². The Kier molecular flexibility index (Phi) is 3.99. The van der Waals surface area contributed by atoms with Crippen LogP contribution in [-0.4, -0.2) is 61.2 Å². The Morgan fingerprint density at radius 2 is 1.91 bits per heavy atom. The third-order valence-corrected chi connectivity index (χ3v) is 4.12. The third-order valence-electron chi connectivity index (χ3n) is 4.12. The van der Waals surface area contributed by atoms with Crippen LogP contribution in [0.5, 0.6) is 0 Å². The molecule has 0 aromatic heterocycles. The van der Waals surface area contributed by atoms with E-state index < -0.39 is 12.7 Å². The first kappa shape index (κ1) is 15.1. The van der Waals surface area contributed by atoms with Gasteiger partial charge in [-0.15, -0.1) is 0 Å². The van der Waals surface area contributed by atoms with E-state index in [0.717, 1.165) is 24.2 Å².